The Morgan fingerprint density at radius 1 is 1.15 bits per heavy atom. The monoisotopic (exact) mass is 470 g/mol. The number of carbonyl (C=O) groups excluding carboxylic acids is 1. The van der Waals surface area contributed by atoms with E-state index in [1.807, 2.05) is 13.8 Å². The zero-order valence-electron chi connectivity index (χ0n) is 18.1. The summed E-state index contributed by atoms with van der Waals surface area (Å²) in [6.07, 6.45) is 0. The number of nitrogens with one attached hydrogen (secondary N) is 1. The maximum Gasteiger partial charge on any atom is 0.387 e. The first-order valence-electron chi connectivity index (χ1n) is 10.1. The van der Waals surface area contributed by atoms with Gasteiger partial charge in [0.2, 0.25) is 0 Å². The van der Waals surface area contributed by atoms with Crippen molar-refractivity contribution in [3.05, 3.63) is 69.0 Å². The van der Waals surface area contributed by atoms with Crippen LogP contribution in [0.4, 0.5) is 13.9 Å². The van der Waals surface area contributed by atoms with E-state index in [0.717, 1.165) is 4.88 Å². The zero-order chi connectivity index (χ0) is 23.7. The van der Waals surface area contributed by atoms with Crippen LogP contribution in [0.5, 0.6) is 5.75 Å². The fourth-order valence-corrected chi connectivity index (χ4v) is 4.34. The lowest BCUT2D eigenvalue weighted by Crippen LogP contribution is -2.23. The third-order valence-corrected chi connectivity index (χ3v) is 5.94. The molecule has 0 radical (unpaired) electrons. The van der Waals surface area contributed by atoms with Crippen LogP contribution in [0, 0.1) is 13.8 Å². The number of anilines is 1. The Morgan fingerprint density at radius 2 is 1.88 bits per heavy atom. The van der Waals surface area contributed by atoms with Crippen LogP contribution in [-0.2, 0) is 6.54 Å². The molecule has 10 heteroatoms. The van der Waals surface area contributed by atoms with Crippen molar-refractivity contribution in [3.63, 3.8) is 0 Å². The van der Waals surface area contributed by atoms with Crippen molar-refractivity contribution in [2.75, 3.05) is 5.32 Å². The van der Waals surface area contributed by atoms with E-state index < -0.39 is 6.61 Å². The van der Waals surface area contributed by atoms with Crippen LogP contribution in [-0.4, -0.2) is 27.1 Å². The second kappa shape index (κ2) is 9.07. The molecule has 0 saturated carbocycles. The predicted molar refractivity (Wildman–Crippen MR) is 123 cm³/mol. The van der Waals surface area contributed by atoms with E-state index in [4.69, 9.17) is 0 Å². The number of nitrogens with zero attached hydrogens (tertiary/aromatic N) is 3. The summed E-state index contributed by atoms with van der Waals surface area (Å²) in [6, 6.07) is 11.2. The molecule has 0 atom stereocenters. The minimum absolute atomic E-state index is 0.0591. The fourth-order valence-electron chi connectivity index (χ4n) is 3.51. The number of hydrogen-bond donors (Lipinski definition) is 1. The molecule has 0 aliphatic rings. The summed E-state index contributed by atoms with van der Waals surface area (Å²) in [5.41, 5.74) is 3.18. The summed E-state index contributed by atoms with van der Waals surface area (Å²) in [6.45, 7) is 3.00. The molecule has 4 aromatic rings. The molecule has 2 heterocycles. The van der Waals surface area contributed by atoms with Gasteiger partial charge in [0.1, 0.15) is 11.4 Å². The number of halogens is 2. The van der Waals surface area contributed by atoms with Gasteiger partial charge in [-0.15, -0.1) is 11.3 Å². The van der Waals surface area contributed by atoms with Crippen LogP contribution in [0.25, 0.3) is 22.3 Å². The molecule has 1 amide bonds. The normalized spacial score (nSPS) is 11.2. The number of thiazole rings is 1. The Balaban J connectivity index is 1.57. The molecule has 170 valence electrons. The minimum atomic E-state index is -2.89. The highest BCUT2D eigenvalue weighted by atomic mass is 32.1. The number of hydrogen-bond acceptors (Lipinski definition) is 6. The SMILES string of the molecule is CCn1c(=O)c(C)nc2cc(C(=O)Nc3nc(-c4ccc(OC(F)F)cc4)c(C)s3)ccc21. The van der Waals surface area contributed by atoms with Crippen LogP contribution >= 0.6 is 11.3 Å². The maximum atomic E-state index is 12.8. The molecule has 2 aromatic carbocycles. The molecule has 2 aromatic heterocycles. The van der Waals surface area contributed by atoms with Crippen molar-refractivity contribution in [2.24, 2.45) is 0 Å². The molecule has 0 spiro atoms. The van der Waals surface area contributed by atoms with E-state index in [1.54, 1.807) is 41.8 Å². The maximum absolute atomic E-state index is 12.8. The molecule has 4 rings (SSSR count). The van der Waals surface area contributed by atoms with Crippen molar-refractivity contribution in [2.45, 2.75) is 33.9 Å². The van der Waals surface area contributed by atoms with Crippen molar-refractivity contribution in [1.82, 2.24) is 14.5 Å². The van der Waals surface area contributed by atoms with Gasteiger partial charge in [-0.05, 0) is 63.2 Å². The van der Waals surface area contributed by atoms with Crippen LogP contribution in [0.2, 0.25) is 0 Å². The number of alkyl halides is 2. The van der Waals surface area contributed by atoms with Gasteiger partial charge in [-0.2, -0.15) is 8.78 Å². The summed E-state index contributed by atoms with van der Waals surface area (Å²) in [4.78, 5) is 34.8. The van der Waals surface area contributed by atoms with Crippen molar-refractivity contribution in [1.29, 1.82) is 0 Å². The van der Waals surface area contributed by atoms with Gasteiger partial charge in [-0.25, -0.2) is 9.97 Å². The Bertz CT molecular complexity index is 1400. The Hall–Kier alpha value is -3.66. The largest absolute Gasteiger partial charge is 0.435 e. The molecular weight excluding hydrogens is 450 g/mol. The van der Waals surface area contributed by atoms with Gasteiger partial charge < -0.3 is 9.30 Å². The van der Waals surface area contributed by atoms with Gasteiger partial charge in [-0.1, -0.05) is 0 Å². The average molecular weight is 471 g/mol. The topological polar surface area (TPSA) is 86.1 Å². The van der Waals surface area contributed by atoms with E-state index >= 15 is 0 Å². The third-order valence-electron chi connectivity index (χ3n) is 5.06. The smallest absolute Gasteiger partial charge is 0.387 e. The summed E-state index contributed by atoms with van der Waals surface area (Å²) >= 11 is 1.31. The van der Waals surface area contributed by atoms with Gasteiger partial charge in [0.25, 0.3) is 11.5 Å². The number of ether oxygens (including phenoxy) is 1. The van der Waals surface area contributed by atoms with Crippen LogP contribution in [0.15, 0.2) is 47.3 Å². The first kappa shape index (κ1) is 22.5. The molecule has 7 nitrogen and oxygen atoms in total. The van der Waals surface area contributed by atoms with Crippen LogP contribution in [0.1, 0.15) is 27.9 Å². The van der Waals surface area contributed by atoms with Crippen LogP contribution in [0.3, 0.4) is 0 Å². The van der Waals surface area contributed by atoms with E-state index in [0.29, 0.717) is 45.2 Å². The van der Waals surface area contributed by atoms with E-state index in [9.17, 15) is 18.4 Å². The number of carbonyl (C=O) groups is 1. The van der Waals surface area contributed by atoms with Gasteiger partial charge in [0, 0.05) is 22.5 Å². The lowest BCUT2D eigenvalue weighted by Gasteiger charge is -2.10. The van der Waals surface area contributed by atoms with Crippen molar-refractivity contribution >= 4 is 33.4 Å². The Morgan fingerprint density at radius 3 is 2.55 bits per heavy atom. The number of rotatable bonds is 6. The number of aryl methyl sites for hydroxylation is 3. The standard InChI is InChI=1S/C23H20F2N4O3S/c1-4-29-18-10-7-15(11-17(18)26-12(2)21(29)31)20(30)28-23-27-19(13(3)33-23)14-5-8-16(9-6-14)32-22(24)25/h5-11,22H,4H2,1-3H3,(H,27,28,30). The number of aromatic nitrogens is 3. The highest BCUT2D eigenvalue weighted by Gasteiger charge is 2.15. The summed E-state index contributed by atoms with van der Waals surface area (Å²) in [7, 11) is 0. The molecule has 0 fully saturated rings. The molecule has 0 saturated heterocycles. The van der Waals surface area contributed by atoms with Gasteiger partial charge in [0.05, 0.1) is 16.7 Å². The predicted octanol–water partition coefficient (Wildman–Crippen LogP) is 5.01. The molecule has 1 N–H and O–H groups in total. The second-order valence-electron chi connectivity index (χ2n) is 7.23. The van der Waals surface area contributed by atoms with Crippen molar-refractivity contribution in [3.8, 4) is 17.0 Å². The third kappa shape index (κ3) is 4.61. The molecule has 33 heavy (non-hydrogen) atoms. The Kier molecular flexibility index (Phi) is 6.19. The lowest BCUT2D eigenvalue weighted by atomic mass is 10.1. The van der Waals surface area contributed by atoms with Gasteiger partial charge >= 0.3 is 6.61 Å². The number of benzene rings is 2. The summed E-state index contributed by atoms with van der Waals surface area (Å²) in [5.74, 6) is -0.296. The molecule has 0 unspecified atom stereocenters. The zero-order valence-corrected chi connectivity index (χ0v) is 18.9. The number of amides is 1. The lowest BCUT2D eigenvalue weighted by molar-refractivity contribution is -0.0498. The van der Waals surface area contributed by atoms with E-state index in [2.05, 4.69) is 20.0 Å². The first-order chi connectivity index (χ1) is 15.8. The van der Waals surface area contributed by atoms with Gasteiger partial charge in [0.15, 0.2) is 5.13 Å². The van der Waals surface area contributed by atoms with Gasteiger partial charge in [-0.3, -0.25) is 14.9 Å². The van der Waals surface area contributed by atoms with E-state index in [-0.39, 0.29) is 17.2 Å². The van der Waals surface area contributed by atoms with Crippen LogP contribution < -0.4 is 15.6 Å². The Labute approximate surface area is 191 Å². The molecule has 0 aliphatic heterocycles. The highest BCUT2D eigenvalue weighted by Crippen LogP contribution is 2.32. The molecule has 0 bridgehead atoms. The average Bonchev–Trinajstić information content (AvgIpc) is 3.14. The summed E-state index contributed by atoms with van der Waals surface area (Å²) < 4.78 is 30.7. The second-order valence-corrected chi connectivity index (χ2v) is 8.43. The molecular formula is C23H20F2N4O3S. The first-order valence-corrected chi connectivity index (χ1v) is 10.9. The summed E-state index contributed by atoms with van der Waals surface area (Å²) in [5, 5.41) is 3.20. The highest BCUT2D eigenvalue weighted by molar-refractivity contribution is 7.16. The fraction of sp³-hybridized carbons (Fsp3) is 0.217. The minimum Gasteiger partial charge on any atom is -0.435 e. The van der Waals surface area contributed by atoms with E-state index in [1.165, 1.54) is 23.5 Å². The quantitative estimate of drug-likeness (QED) is 0.428. The number of fused-ring (bicyclic) bond motifs is 1. The molecule has 0 aliphatic carbocycles. The van der Waals surface area contributed by atoms with Crippen molar-refractivity contribution < 1.29 is 18.3 Å².